The number of rotatable bonds is 9. The molecule has 1 aromatic heterocycles. The Hall–Kier alpha value is -2.00. The summed E-state index contributed by atoms with van der Waals surface area (Å²) >= 11 is 5.21. The Labute approximate surface area is 189 Å². The molecule has 1 unspecified atom stereocenters. The summed E-state index contributed by atoms with van der Waals surface area (Å²) in [6.45, 7) is 8.06. The minimum atomic E-state index is -0.409. The average molecular weight is 495 g/mol. The first kappa shape index (κ1) is 22.7. The van der Waals surface area contributed by atoms with Crippen LogP contribution in [0.5, 0.6) is 11.5 Å². The highest BCUT2D eigenvalue weighted by Gasteiger charge is 2.33. The lowest BCUT2D eigenvalue weighted by Gasteiger charge is -2.28. The number of Topliss-reactive ketones (excluding diaryl/α,β-unsaturated/α-hetero) is 1. The van der Waals surface area contributed by atoms with Crippen LogP contribution >= 0.6 is 27.7 Å². The molecule has 162 valence electrons. The molecular formula is C21H27BrN4O3S. The fourth-order valence-electron chi connectivity index (χ4n) is 3.47. The van der Waals surface area contributed by atoms with Crippen molar-refractivity contribution >= 4 is 39.4 Å². The number of hydrogen-bond acceptors (Lipinski definition) is 7. The van der Waals surface area contributed by atoms with Gasteiger partial charge in [-0.3, -0.25) is 4.79 Å². The van der Waals surface area contributed by atoms with Crippen molar-refractivity contribution in [3.05, 3.63) is 33.4 Å². The Bertz CT molecular complexity index is 973. The number of anilines is 1. The summed E-state index contributed by atoms with van der Waals surface area (Å²) in [5, 5.41) is 8.67. The fraction of sp³-hybridized carbons (Fsp3) is 0.476. The third-order valence-electron chi connectivity index (χ3n) is 4.79. The molecule has 1 atom stereocenters. The van der Waals surface area contributed by atoms with Crippen molar-refractivity contribution < 1.29 is 14.3 Å². The van der Waals surface area contributed by atoms with Gasteiger partial charge in [0.2, 0.25) is 11.1 Å². The highest BCUT2D eigenvalue weighted by atomic mass is 79.9. The van der Waals surface area contributed by atoms with Crippen molar-refractivity contribution in [3.8, 4) is 11.5 Å². The average Bonchev–Trinajstić information content (AvgIpc) is 3.09. The molecule has 0 bridgehead atoms. The van der Waals surface area contributed by atoms with E-state index in [4.69, 9.17) is 14.6 Å². The standard InChI is InChI=1S/C21H27BrN4O3S/c1-6-8-9-30-21-24-20-23-12(3)17(13(4)27)18(26(20)25-21)14-10-15(22)19(28-5)16(11-14)29-7-2/h10-11,18H,6-9H2,1-5H3,(H,23,24,25). The topological polar surface area (TPSA) is 78.3 Å². The van der Waals surface area contributed by atoms with E-state index in [2.05, 4.69) is 33.2 Å². The van der Waals surface area contributed by atoms with Crippen molar-refractivity contribution in [2.75, 3.05) is 24.8 Å². The largest absolute Gasteiger partial charge is 0.492 e. The minimum absolute atomic E-state index is 0.0174. The smallest absolute Gasteiger partial charge is 0.227 e. The number of ketones is 1. The third-order valence-corrected chi connectivity index (χ3v) is 6.31. The Balaban J connectivity index is 2.12. The Morgan fingerprint density at radius 3 is 2.77 bits per heavy atom. The zero-order valence-corrected chi connectivity index (χ0v) is 20.3. The molecule has 1 aromatic carbocycles. The first-order valence-electron chi connectivity index (χ1n) is 9.99. The van der Waals surface area contributed by atoms with E-state index < -0.39 is 6.04 Å². The Morgan fingerprint density at radius 2 is 2.13 bits per heavy atom. The molecule has 0 spiro atoms. The maximum Gasteiger partial charge on any atom is 0.227 e. The van der Waals surface area contributed by atoms with E-state index in [-0.39, 0.29) is 5.78 Å². The molecule has 1 aliphatic rings. The number of nitrogens with one attached hydrogen (secondary N) is 1. The molecule has 7 nitrogen and oxygen atoms in total. The SMILES string of the molecule is CCCCSc1nc2n(n1)C(c1cc(Br)c(OC)c(OCC)c1)C(C(C)=O)=C(C)N2. The number of hydrogen-bond donors (Lipinski definition) is 1. The molecule has 0 fully saturated rings. The van der Waals surface area contributed by atoms with E-state index in [1.165, 1.54) is 0 Å². The van der Waals surface area contributed by atoms with Gasteiger partial charge in [-0.15, -0.1) is 5.10 Å². The summed E-state index contributed by atoms with van der Waals surface area (Å²) in [6, 6.07) is 3.45. The van der Waals surface area contributed by atoms with Gasteiger partial charge >= 0.3 is 0 Å². The lowest BCUT2D eigenvalue weighted by Crippen LogP contribution is -2.28. The van der Waals surface area contributed by atoms with E-state index >= 15 is 0 Å². The van der Waals surface area contributed by atoms with Crippen LogP contribution in [-0.4, -0.2) is 40.0 Å². The number of unbranched alkanes of at least 4 members (excludes halogenated alkanes) is 1. The van der Waals surface area contributed by atoms with Gasteiger partial charge in [-0.25, -0.2) is 4.68 Å². The van der Waals surface area contributed by atoms with Crippen molar-refractivity contribution in [1.29, 1.82) is 0 Å². The number of halogens is 1. The summed E-state index contributed by atoms with van der Waals surface area (Å²) in [5.74, 6) is 2.80. The van der Waals surface area contributed by atoms with E-state index in [0.717, 1.165) is 34.3 Å². The number of fused-ring (bicyclic) bond motifs is 1. The monoisotopic (exact) mass is 494 g/mol. The van der Waals surface area contributed by atoms with Crippen molar-refractivity contribution in [1.82, 2.24) is 14.8 Å². The summed E-state index contributed by atoms with van der Waals surface area (Å²) < 4.78 is 13.8. The number of methoxy groups -OCH3 is 1. The lowest BCUT2D eigenvalue weighted by molar-refractivity contribution is -0.114. The Morgan fingerprint density at radius 1 is 1.37 bits per heavy atom. The number of carbonyl (C=O) groups excluding carboxylic acids is 1. The highest BCUT2D eigenvalue weighted by Crippen LogP contribution is 2.43. The maximum atomic E-state index is 12.6. The second-order valence-electron chi connectivity index (χ2n) is 6.95. The predicted octanol–water partition coefficient (Wildman–Crippen LogP) is 5.22. The van der Waals surface area contributed by atoms with Crippen LogP contribution in [0.2, 0.25) is 0 Å². The first-order chi connectivity index (χ1) is 14.4. The molecule has 2 heterocycles. The predicted molar refractivity (Wildman–Crippen MR) is 123 cm³/mol. The quantitative estimate of drug-likeness (QED) is 0.378. The normalized spacial score (nSPS) is 15.6. The second-order valence-corrected chi connectivity index (χ2v) is 8.87. The van der Waals surface area contributed by atoms with Gasteiger partial charge in [-0.05, 0) is 60.8 Å². The number of aromatic nitrogens is 3. The zero-order chi connectivity index (χ0) is 21.8. The van der Waals surface area contributed by atoms with Gasteiger partial charge in [-0.2, -0.15) is 4.98 Å². The number of carbonyl (C=O) groups is 1. The van der Waals surface area contributed by atoms with E-state index in [1.807, 2.05) is 26.0 Å². The summed E-state index contributed by atoms with van der Waals surface area (Å²) in [7, 11) is 1.60. The van der Waals surface area contributed by atoms with Crippen LogP contribution in [0.25, 0.3) is 0 Å². The Kier molecular flexibility index (Phi) is 7.46. The van der Waals surface area contributed by atoms with Crippen LogP contribution in [0, 0.1) is 0 Å². The molecule has 1 N–H and O–H groups in total. The minimum Gasteiger partial charge on any atom is -0.492 e. The van der Waals surface area contributed by atoms with Gasteiger partial charge in [0.15, 0.2) is 17.3 Å². The molecule has 1 aliphatic heterocycles. The third kappa shape index (κ3) is 4.51. The number of ether oxygens (including phenoxy) is 2. The van der Waals surface area contributed by atoms with Crippen LogP contribution < -0.4 is 14.8 Å². The number of thioether (sulfide) groups is 1. The zero-order valence-electron chi connectivity index (χ0n) is 17.9. The van der Waals surface area contributed by atoms with Crippen molar-refractivity contribution in [3.63, 3.8) is 0 Å². The van der Waals surface area contributed by atoms with Crippen LogP contribution in [0.1, 0.15) is 52.1 Å². The van der Waals surface area contributed by atoms with Crippen LogP contribution in [0.15, 0.2) is 33.0 Å². The fourth-order valence-corrected chi connectivity index (χ4v) is 5.01. The van der Waals surface area contributed by atoms with Crippen LogP contribution in [0.3, 0.4) is 0 Å². The van der Waals surface area contributed by atoms with Gasteiger partial charge in [0.1, 0.15) is 6.04 Å². The molecule has 0 amide bonds. The van der Waals surface area contributed by atoms with E-state index in [1.54, 1.807) is 30.5 Å². The first-order valence-corrected chi connectivity index (χ1v) is 11.8. The molecular weight excluding hydrogens is 468 g/mol. The molecule has 30 heavy (non-hydrogen) atoms. The molecule has 2 aromatic rings. The summed E-state index contributed by atoms with van der Waals surface area (Å²) in [5.41, 5.74) is 2.30. The van der Waals surface area contributed by atoms with Gasteiger partial charge in [0, 0.05) is 17.0 Å². The van der Waals surface area contributed by atoms with Gasteiger partial charge in [-0.1, -0.05) is 25.1 Å². The van der Waals surface area contributed by atoms with E-state index in [9.17, 15) is 4.79 Å². The lowest BCUT2D eigenvalue weighted by atomic mass is 9.93. The van der Waals surface area contributed by atoms with Crippen LogP contribution in [0.4, 0.5) is 5.95 Å². The number of benzene rings is 1. The van der Waals surface area contributed by atoms with Crippen LogP contribution in [-0.2, 0) is 4.79 Å². The molecule has 0 saturated carbocycles. The van der Waals surface area contributed by atoms with Crippen molar-refractivity contribution in [2.24, 2.45) is 0 Å². The molecule has 0 radical (unpaired) electrons. The van der Waals surface area contributed by atoms with Crippen molar-refractivity contribution in [2.45, 2.75) is 51.7 Å². The number of allylic oxidation sites excluding steroid dienone is 2. The maximum absolute atomic E-state index is 12.6. The van der Waals surface area contributed by atoms with Gasteiger partial charge in [0.25, 0.3) is 0 Å². The summed E-state index contributed by atoms with van der Waals surface area (Å²) in [4.78, 5) is 17.3. The molecule has 3 rings (SSSR count). The molecule has 0 aliphatic carbocycles. The van der Waals surface area contributed by atoms with E-state index in [0.29, 0.717) is 34.8 Å². The molecule has 0 saturated heterocycles. The second kappa shape index (κ2) is 9.87. The van der Waals surface area contributed by atoms with Gasteiger partial charge in [0.05, 0.1) is 18.2 Å². The summed E-state index contributed by atoms with van der Waals surface area (Å²) in [6.07, 6.45) is 2.22. The number of nitrogens with zero attached hydrogens (tertiary/aromatic N) is 3. The van der Waals surface area contributed by atoms with Gasteiger partial charge < -0.3 is 14.8 Å². The molecule has 9 heteroatoms. The highest BCUT2D eigenvalue weighted by molar-refractivity contribution is 9.10.